The molecule has 6 nitrogen and oxygen atoms in total. The molecule has 0 aliphatic heterocycles. The summed E-state index contributed by atoms with van der Waals surface area (Å²) in [5, 5.41) is 11.9. The van der Waals surface area contributed by atoms with Gasteiger partial charge in [0.2, 0.25) is 0 Å². The standard InChI is InChI=1S/C11H18N6/c1-7(2)17-11(10(12)8(3)14-17)13-9-5-6-16(4)15-9/h5-7H,12H2,1-4H3,(H,13,15). The first-order valence-electron chi connectivity index (χ1n) is 5.60. The zero-order valence-electron chi connectivity index (χ0n) is 10.6. The Morgan fingerprint density at radius 2 is 2.06 bits per heavy atom. The minimum Gasteiger partial charge on any atom is -0.394 e. The van der Waals surface area contributed by atoms with Crippen molar-refractivity contribution in [2.45, 2.75) is 26.8 Å². The smallest absolute Gasteiger partial charge is 0.153 e. The van der Waals surface area contributed by atoms with Gasteiger partial charge in [-0.2, -0.15) is 10.2 Å². The van der Waals surface area contributed by atoms with Gasteiger partial charge in [0.15, 0.2) is 11.6 Å². The summed E-state index contributed by atoms with van der Waals surface area (Å²) in [5.41, 5.74) is 7.52. The highest BCUT2D eigenvalue weighted by Gasteiger charge is 2.15. The minimum absolute atomic E-state index is 0.247. The van der Waals surface area contributed by atoms with Gasteiger partial charge in [-0.3, -0.25) is 4.68 Å². The third-order valence-electron chi connectivity index (χ3n) is 2.58. The van der Waals surface area contributed by atoms with Crippen LogP contribution < -0.4 is 11.1 Å². The first kappa shape index (κ1) is 11.5. The van der Waals surface area contributed by atoms with Crippen molar-refractivity contribution in [1.82, 2.24) is 19.6 Å². The van der Waals surface area contributed by atoms with Crippen molar-refractivity contribution in [3.05, 3.63) is 18.0 Å². The molecular formula is C11H18N6. The van der Waals surface area contributed by atoms with Crippen molar-refractivity contribution >= 4 is 17.3 Å². The topological polar surface area (TPSA) is 73.7 Å². The lowest BCUT2D eigenvalue weighted by molar-refractivity contribution is 0.536. The molecular weight excluding hydrogens is 216 g/mol. The fourth-order valence-electron chi connectivity index (χ4n) is 1.66. The molecule has 17 heavy (non-hydrogen) atoms. The molecule has 3 N–H and O–H groups in total. The number of nitrogens with zero attached hydrogens (tertiary/aromatic N) is 4. The van der Waals surface area contributed by atoms with E-state index in [1.807, 2.05) is 30.9 Å². The van der Waals surface area contributed by atoms with Crippen LogP contribution in [0.25, 0.3) is 0 Å². The van der Waals surface area contributed by atoms with E-state index in [1.54, 1.807) is 4.68 Å². The van der Waals surface area contributed by atoms with E-state index in [0.29, 0.717) is 5.69 Å². The van der Waals surface area contributed by atoms with Crippen LogP contribution in [0.3, 0.4) is 0 Å². The van der Waals surface area contributed by atoms with Crippen LogP contribution in [0.2, 0.25) is 0 Å². The van der Waals surface area contributed by atoms with E-state index in [-0.39, 0.29) is 6.04 Å². The average molecular weight is 234 g/mol. The van der Waals surface area contributed by atoms with E-state index in [2.05, 4.69) is 29.4 Å². The highest BCUT2D eigenvalue weighted by Crippen LogP contribution is 2.27. The molecule has 0 fully saturated rings. The number of nitrogen functional groups attached to an aromatic ring is 1. The van der Waals surface area contributed by atoms with Crippen LogP contribution in [0, 0.1) is 6.92 Å². The van der Waals surface area contributed by atoms with E-state index in [1.165, 1.54) is 0 Å². The molecule has 2 rings (SSSR count). The molecule has 0 unspecified atom stereocenters. The Hall–Kier alpha value is -1.98. The summed E-state index contributed by atoms with van der Waals surface area (Å²) in [7, 11) is 1.87. The van der Waals surface area contributed by atoms with E-state index in [4.69, 9.17) is 5.73 Å². The molecule has 0 spiro atoms. The predicted molar refractivity (Wildman–Crippen MR) is 68.3 cm³/mol. The molecule has 6 heteroatoms. The lowest BCUT2D eigenvalue weighted by Crippen LogP contribution is -2.08. The van der Waals surface area contributed by atoms with Crippen LogP contribution in [0.1, 0.15) is 25.6 Å². The van der Waals surface area contributed by atoms with Gasteiger partial charge in [-0.25, -0.2) is 4.68 Å². The molecule has 0 aliphatic carbocycles. The van der Waals surface area contributed by atoms with E-state index >= 15 is 0 Å². The minimum atomic E-state index is 0.247. The maximum Gasteiger partial charge on any atom is 0.153 e. The zero-order chi connectivity index (χ0) is 12.6. The maximum absolute atomic E-state index is 6.02. The largest absolute Gasteiger partial charge is 0.394 e. The van der Waals surface area contributed by atoms with Crippen molar-refractivity contribution in [1.29, 1.82) is 0 Å². The maximum atomic E-state index is 6.02. The Morgan fingerprint density at radius 1 is 1.35 bits per heavy atom. The van der Waals surface area contributed by atoms with Crippen molar-refractivity contribution < 1.29 is 0 Å². The molecule has 0 atom stereocenters. The third kappa shape index (κ3) is 2.11. The number of hydrogen-bond acceptors (Lipinski definition) is 4. The fraction of sp³-hybridized carbons (Fsp3) is 0.455. The lowest BCUT2D eigenvalue weighted by Gasteiger charge is -2.11. The highest BCUT2D eigenvalue weighted by atomic mass is 15.4. The van der Waals surface area contributed by atoms with Crippen LogP contribution >= 0.6 is 0 Å². The normalized spacial score (nSPS) is 11.1. The number of anilines is 3. The van der Waals surface area contributed by atoms with Gasteiger partial charge in [-0.05, 0) is 20.8 Å². The number of hydrogen-bond donors (Lipinski definition) is 2. The molecule has 0 amide bonds. The number of nitrogens with one attached hydrogen (secondary N) is 1. The van der Waals surface area contributed by atoms with Gasteiger partial charge in [-0.15, -0.1) is 0 Å². The second-order valence-electron chi connectivity index (χ2n) is 4.39. The molecule has 0 saturated carbocycles. The zero-order valence-corrected chi connectivity index (χ0v) is 10.6. The number of aryl methyl sites for hydroxylation is 2. The number of nitrogens with two attached hydrogens (primary N) is 1. The van der Waals surface area contributed by atoms with Gasteiger partial charge in [0.25, 0.3) is 0 Å². The van der Waals surface area contributed by atoms with Crippen LogP contribution in [-0.4, -0.2) is 19.6 Å². The average Bonchev–Trinajstić information content (AvgIpc) is 2.77. The molecule has 0 aromatic carbocycles. The second-order valence-corrected chi connectivity index (χ2v) is 4.39. The number of rotatable bonds is 3. The third-order valence-corrected chi connectivity index (χ3v) is 2.58. The molecule has 0 aliphatic rings. The first-order valence-corrected chi connectivity index (χ1v) is 5.60. The van der Waals surface area contributed by atoms with Crippen LogP contribution in [0.4, 0.5) is 17.3 Å². The highest BCUT2D eigenvalue weighted by molar-refractivity contribution is 5.69. The van der Waals surface area contributed by atoms with Crippen LogP contribution in [0.15, 0.2) is 12.3 Å². The van der Waals surface area contributed by atoms with Crippen molar-refractivity contribution in [3.63, 3.8) is 0 Å². The van der Waals surface area contributed by atoms with Crippen LogP contribution in [-0.2, 0) is 7.05 Å². The predicted octanol–water partition coefficient (Wildman–Crippen LogP) is 1.83. The summed E-state index contributed by atoms with van der Waals surface area (Å²) in [5.74, 6) is 1.57. The molecule has 0 radical (unpaired) electrons. The summed E-state index contributed by atoms with van der Waals surface area (Å²) in [6, 6.07) is 2.14. The number of aromatic nitrogens is 4. The summed E-state index contributed by atoms with van der Waals surface area (Å²) >= 11 is 0. The Balaban J connectivity index is 2.37. The van der Waals surface area contributed by atoms with Gasteiger partial charge < -0.3 is 11.1 Å². The van der Waals surface area contributed by atoms with Gasteiger partial charge in [0, 0.05) is 25.4 Å². The Morgan fingerprint density at radius 3 is 2.59 bits per heavy atom. The second kappa shape index (κ2) is 4.12. The molecule has 92 valence electrons. The van der Waals surface area contributed by atoms with E-state index in [9.17, 15) is 0 Å². The van der Waals surface area contributed by atoms with Crippen molar-refractivity contribution in [2.75, 3.05) is 11.1 Å². The SMILES string of the molecule is Cc1nn(C(C)C)c(Nc2ccn(C)n2)c1N. The monoisotopic (exact) mass is 234 g/mol. The van der Waals surface area contributed by atoms with Gasteiger partial charge >= 0.3 is 0 Å². The Kier molecular flexibility index (Phi) is 2.79. The summed E-state index contributed by atoms with van der Waals surface area (Å²) in [6.45, 7) is 6.03. The summed E-state index contributed by atoms with van der Waals surface area (Å²) < 4.78 is 3.61. The van der Waals surface area contributed by atoms with Crippen molar-refractivity contribution in [2.24, 2.45) is 7.05 Å². The van der Waals surface area contributed by atoms with E-state index in [0.717, 1.165) is 17.3 Å². The first-order chi connectivity index (χ1) is 7.99. The van der Waals surface area contributed by atoms with Gasteiger partial charge in [-0.1, -0.05) is 0 Å². The fourth-order valence-corrected chi connectivity index (χ4v) is 1.66. The summed E-state index contributed by atoms with van der Waals surface area (Å²) in [4.78, 5) is 0. The quantitative estimate of drug-likeness (QED) is 0.849. The molecule has 2 aromatic heterocycles. The van der Waals surface area contributed by atoms with Crippen LogP contribution in [0.5, 0.6) is 0 Å². The molecule has 0 bridgehead atoms. The Labute approximate surface area is 100 Å². The van der Waals surface area contributed by atoms with E-state index < -0.39 is 0 Å². The summed E-state index contributed by atoms with van der Waals surface area (Å²) in [6.07, 6.45) is 1.88. The van der Waals surface area contributed by atoms with Crippen molar-refractivity contribution in [3.8, 4) is 0 Å². The van der Waals surface area contributed by atoms with Gasteiger partial charge in [0.1, 0.15) is 0 Å². The lowest BCUT2D eigenvalue weighted by atomic mass is 10.3. The van der Waals surface area contributed by atoms with Gasteiger partial charge in [0.05, 0.1) is 11.4 Å². The molecule has 2 aromatic rings. The molecule has 0 saturated heterocycles. The molecule has 2 heterocycles. The Bertz CT molecular complexity index is 522.